The summed E-state index contributed by atoms with van der Waals surface area (Å²) < 4.78 is 0. The van der Waals surface area contributed by atoms with Crippen molar-refractivity contribution in [3.63, 3.8) is 0 Å². The first-order valence-corrected chi connectivity index (χ1v) is 8.42. The predicted octanol–water partition coefficient (Wildman–Crippen LogP) is 4.25. The number of rotatable bonds is 3. The monoisotopic (exact) mass is 277 g/mol. The van der Waals surface area contributed by atoms with Gasteiger partial charge in [-0.2, -0.15) is 11.8 Å². The Hall–Kier alpha value is 0.600. The Morgan fingerprint density at radius 3 is 2.06 bits per heavy atom. The summed E-state index contributed by atoms with van der Waals surface area (Å²) in [6, 6.07) is 0.840. The van der Waals surface area contributed by atoms with Crippen molar-refractivity contribution in [2.75, 3.05) is 18.1 Å². The molecule has 1 aliphatic heterocycles. The SMILES string of the molecule is C1CCCC(CNC2CCSCC2)CCC1.Cl. The molecule has 0 radical (unpaired) electrons. The van der Waals surface area contributed by atoms with Crippen LogP contribution in [0.2, 0.25) is 0 Å². The van der Waals surface area contributed by atoms with Crippen molar-refractivity contribution in [3.8, 4) is 0 Å². The highest BCUT2D eigenvalue weighted by Crippen LogP contribution is 2.23. The second-order valence-electron chi connectivity index (χ2n) is 5.51. The van der Waals surface area contributed by atoms with Crippen LogP contribution in [0.4, 0.5) is 0 Å². The molecule has 0 aromatic carbocycles. The van der Waals surface area contributed by atoms with Gasteiger partial charge in [-0.05, 0) is 49.7 Å². The normalized spacial score (nSPS) is 24.7. The van der Waals surface area contributed by atoms with Crippen LogP contribution in [-0.2, 0) is 0 Å². The van der Waals surface area contributed by atoms with Crippen LogP contribution >= 0.6 is 24.2 Å². The van der Waals surface area contributed by atoms with Crippen LogP contribution in [0.25, 0.3) is 0 Å². The lowest BCUT2D eigenvalue weighted by molar-refractivity contribution is 0.338. The third-order valence-corrected chi connectivity index (χ3v) is 5.19. The average molecular weight is 278 g/mol. The molecule has 2 fully saturated rings. The molecule has 0 aromatic heterocycles. The maximum atomic E-state index is 3.83. The fourth-order valence-electron chi connectivity index (χ4n) is 2.98. The highest BCUT2D eigenvalue weighted by atomic mass is 35.5. The van der Waals surface area contributed by atoms with Crippen LogP contribution in [0.5, 0.6) is 0 Å². The van der Waals surface area contributed by atoms with Gasteiger partial charge in [0.2, 0.25) is 0 Å². The minimum atomic E-state index is 0. The molecular formula is C14H28ClNS. The van der Waals surface area contributed by atoms with Gasteiger partial charge in [0.15, 0.2) is 0 Å². The number of halogens is 1. The summed E-state index contributed by atoms with van der Waals surface area (Å²) in [4.78, 5) is 0. The van der Waals surface area contributed by atoms with Gasteiger partial charge in [0.05, 0.1) is 0 Å². The maximum Gasteiger partial charge on any atom is 0.00828 e. The standard InChI is InChI=1S/C14H27NS.ClH/c1-2-4-6-13(7-5-3-1)12-15-14-8-10-16-11-9-14;/h13-15H,1-12H2;1H. The van der Waals surface area contributed by atoms with E-state index in [4.69, 9.17) is 0 Å². The molecule has 1 saturated heterocycles. The molecule has 0 atom stereocenters. The van der Waals surface area contributed by atoms with E-state index in [1.165, 1.54) is 75.8 Å². The lowest BCUT2D eigenvalue weighted by Crippen LogP contribution is -2.36. The summed E-state index contributed by atoms with van der Waals surface area (Å²) in [6.07, 6.45) is 13.2. The van der Waals surface area contributed by atoms with Crippen LogP contribution < -0.4 is 5.32 Å². The van der Waals surface area contributed by atoms with E-state index < -0.39 is 0 Å². The van der Waals surface area contributed by atoms with E-state index in [1.807, 2.05) is 0 Å². The predicted molar refractivity (Wildman–Crippen MR) is 81.4 cm³/mol. The highest BCUT2D eigenvalue weighted by molar-refractivity contribution is 7.99. The molecule has 0 amide bonds. The molecule has 0 aromatic rings. The van der Waals surface area contributed by atoms with Crippen LogP contribution in [0.1, 0.15) is 57.8 Å². The molecule has 2 rings (SSSR count). The summed E-state index contributed by atoms with van der Waals surface area (Å²) in [6.45, 7) is 1.30. The Balaban J connectivity index is 0.00000144. The van der Waals surface area contributed by atoms with Gasteiger partial charge < -0.3 is 5.32 Å². The van der Waals surface area contributed by atoms with Gasteiger partial charge in [-0.15, -0.1) is 12.4 Å². The third-order valence-electron chi connectivity index (χ3n) is 4.14. The van der Waals surface area contributed by atoms with Crippen LogP contribution in [-0.4, -0.2) is 24.1 Å². The fourth-order valence-corrected chi connectivity index (χ4v) is 4.09. The van der Waals surface area contributed by atoms with E-state index in [1.54, 1.807) is 0 Å². The van der Waals surface area contributed by atoms with Crippen LogP contribution in [0.3, 0.4) is 0 Å². The van der Waals surface area contributed by atoms with Crippen LogP contribution in [0, 0.1) is 5.92 Å². The van der Waals surface area contributed by atoms with Crippen molar-refractivity contribution in [3.05, 3.63) is 0 Å². The van der Waals surface area contributed by atoms with Crippen molar-refractivity contribution in [1.29, 1.82) is 0 Å². The van der Waals surface area contributed by atoms with Gasteiger partial charge >= 0.3 is 0 Å². The van der Waals surface area contributed by atoms with Gasteiger partial charge in [-0.1, -0.05) is 32.1 Å². The Labute approximate surface area is 117 Å². The van der Waals surface area contributed by atoms with Crippen molar-refractivity contribution in [1.82, 2.24) is 5.32 Å². The van der Waals surface area contributed by atoms with Crippen molar-refractivity contribution in [2.45, 2.75) is 63.8 Å². The second kappa shape index (κ2) is 9.52. The molecule has 0 unspecified atom stereocenters. The van der Waals surface area contributed by atoms with E-state index >= 15 is 0 Å². The minimum absolute atomic E-state index is 0. The van der Waals surface area contributed by atoms with E-state index in [2.05, 4.69) is 17.1 Å². The zero-order chi connectivity index (χ0) is 11.1. The molecule has 2 aliphatic rings. The van der Waals surface area contributed by atoms with E-state index in [-0.39, 0.29) is 12.4 Å². The Bertz CT molecular complexity index is 175. The molecule has 102 valence electrons. The first kappa shape index (κ1) is 15.7. The van der Waals surface area contributed by atoms with Gasteiger partial charge in [0.1, 0.15) is 0 Å². The lowest BCUT2D eigenvalue weighted by atomic mass is 9.91. The topological polar surface area (TPSA) is 12.0 Å². The zero-order valence-corrected chi connectivity index (χ0v) is 12.6. The smallest absolute Gasteiger partial charge is 0.00828 e. The van der Waals surface area contributed by atoms with Gasteiger partial charge in [0, 0.05) is 6.04 Å². The van der Waals surface area contributed by atoms with Gasteiger partial charge in [-0.3, -0.25) is 0 Å². The number of hydrogen-bond donors (Lipinski definition) is 1. The summed E-state index contributed by atoms with van der Waals surface area (Å²) in [5, 5.41) is 3.83. The second-order valence-corrected chi connectivity index (χ2v) is 6.73. The first-order chi connectivity index (χ1) is 7.95. The van der Waals surface area contributed by atoms with E-state index in [0.29, 0.717) is 0 Å². The van der Waals surface area contributed by atoms with E-state index in [0.717, 1.165) is 12.0 Å². The molecule has 17 heavy (non-hydrogen) atoms. The van der Waals surface area contributed by atoms with Gasteiger partial charge in [-0.25, -0.2) is 0 Å². The highest BCUT2D eigenvalue weighted by Gasteiger charge is 2.16. The number of hydrogen-bond acceptors (Lipinski definition) is 2. The Kier molecular flexibility index (Phi) is 8.77. The molecular weight excluding hydrogens is 250 g/mol. The molecule has 3 heteroatoms. The molecule has 1 aliphatic carbocycles. The number of thioether (sulfide) groups is 1. The molecule has 0 spiro atoms. The summed E-state index contributed by atoms with van der Waals surface area (Å²) in [5.74, 6) is 3.74. The average Bonchev–Trinajstić information content (AvgIpc) is 2.29. The van der Waals surface area contributed by atoms with Gasteiger partial charge in [0.25, 0.3) is 0 Å². The largest absolute Gasteiger partial charge is 0.314 e. The van der Waals surface area contributed by atoms with E-state index in [9.17, 15) is 0 Å². The molecule has 0 bridgehead atoms. The zero-order valence-electron chi connectivity index (χ0n) is 11.0. The fraction of sp³-hybridized carbons (Fsp3) is 1.00. The Morgan fingerprint density at radius 1 is 0.824 bits per heavy atom. The lowest BCUT2D eigenvalue weighted by Gasteiger charge is -2.26. The molecule has 1 N–H and O–H groups in total. The summed E-state index contributed by atoms with van der Waals surface area (Å²) >= 11 is 2.13. The number of nitrogens with one attached hydrogen (secondary N) is 1. The van der Waals surface area contributed by atoms with Crippen LogP contribution in [0.15, 0.2) is 0 Å². The van der Waals surface area contributed by atoms with Crippen molar-refractivity contribution in [2.24, 2.45) is 5.92 Å². The molecule has 1 heterocycles. The maximum absolute atomic E-state index is 3.83. The third kappa shape index (κ3) is 6.35. The van der Waals surface area contributed by atoms with Crippen molar-refractivity contribution < 1.29 is 0 Å². The van der Waals surface area contributed by atoms with Crippen molar-refractivity contribution >= 4 is 24.2 Å². The summed E-state index contributed by atoms with van der Waals surface area (Å²) in [5.41, 5.74) is 0. The minimum Gasteiger partial charge on any atom is -0.314 e. The Morgan fingerprint density at radius 2 is 1.41 bits per heavy atom. The molecule has 1 nitrogen and oxygen atoms in total. The summed E-state index contributed by atoms with van der Waals surface area (Å²) in [7, 11) is 0. The first-order valence-electron chi connectivity index (χ1n) is 7.26. The quantitative estimate of drug-likeness (QED) is 0.828. The molecule has 1 saturated carbocycles.